The second kappa shape index (κ2) is 10.1. The number of rotatable bonds is 3. The highest BCUT2D eigenvalue weighted by atomic mass is 16.6. The maximum atomic E-state index is 13.4. The Morgan fingerprint density at radius 3 is 1.98 bits per heavy atom. The van der Waals surface area contributed by atoms with Gasteiger partial charge in [0.25, 0.3) is 11.2 Å². The van der Waals surface area contributed by atoms with Crippen LogP contribution in [0.5, 0.6) is 23.0 Å². The molecule has 2 aliphatic heterocycles. The highest BCUT2D eigenvalue weighted by Crippen LogP contribution is 2.57. The highest BCUT2D eigenvalue weighted by Gasteiger charge is 2.64. The standard InChI is InChI=1S/C32H32O13/c1-12-9-20(35)17-11-16-18(33)7-5-14(25(16)44-31(17,27(12)38)29(40)42-3)15-6-8-19(34)22-24(37)23-21(36)10-13(2)28(39)32(23,30(41)43-4)45-26(15)22/h5-8,12-13,27-28,33-35,37-39H,9-11H2,1-4H3/t12-,13+,27+,28-,31+,32-/m0/s1. The first kappa shape index (κ1) is 30.3. The fourth-order valence-electron chi connectivity index (χ4n) is 7.08. The smallest absolute Gasteiger partial charge is 0.358 e. The van der Waals surface area contributed by atoms with Crippen molar-refractivity contribution >= 4 is 23.5 Å². The summed E-state index contributed by atoms with van der Waals surface area (Å²) in [5, 5.41) is 66.9. The lowest BCUT2D eigenvalue weighted by Gasteiger charge is -2.47. The summed E-state index contributed by atoms with van der Waals surface area (Å²) in [7, 11) is 2.12. The van der Waals surface area contributed by atoms with Gasteiger partial charge in [0.2, 0.25) is 0 Å². The van der Waals surface area contributed by atoms with Gasteiger partial charge in [-0.05, 0) is 36.1 Å². The van der Waals surface area contributed by atoms with E-state index < -0.39 is 70.0 Å². The Morgan fingerprint density at radius 2 is 1.33 bits per heavy atom. The largest absolute Gasteiger partial charge is 0.512 e. The molecule has 2 aromatic rings. The molecule has 6 N–H and O–H groups in total. The average molecular weight is 625 g/mol. The van der Waals surface area contributed by atoms with Gasteiger partial charge in [-0.2, -0.15) is 0 Å². The maximum absolute atomic E-state index is 13.4. The topological polar surface area (TPSA) is 210 Å². The number of ketones is 1. The van der Waals surface area contributed by atoms with Gasteiger partial charge in [-0.3, -0.25) is 4.79 Å². The number of allylic oxidation sites excluding steroid dienone is 1. The van der Waals surface area contributed by atoms with Gasteiger partial charge in [-0.1, -0.05) is 13.8 Å². The number of carbonyl (C=O) groups is 3. The van der Waals surface area contributed by atoms with Gasteiger partial charge in [-0.25, -0.2) is 9.59 Å². The van der Waals surface area contributed by atoms with Crippen LogP contribution in [0.15, 0.2) is 41.2 Å². The van der Waals surface area contributed by atoms with Crippen LogP contribution in [-0.4, -0.2) is 86.0 Å². The number of phenolic OH excluding ortho intramolecular Hbond substituents is 2. The highest BCUT2D eigenvalue weighted by molar-refractivity contribution is 6.13. The molecule has 13 nitrogen and oxygen atoms in total. The van der Waals surface area contributed by atoms with E-state index in [0.717, 1.165) is 14.2 Å². The predicted octanol–water partition coefficient (Wildman–Crippen LogP) is 2.37. The van der Waals surface area contributed by atoms with Crippen molar-refractivity contribution in [3.63, 3.8) is 0 Å². The molecule has 0 unspecified atom stereocenters. The molecule has 238 valence electrons. The molecule has 1 fully saturated rings. The van der Waals surface area contributed by atoms with E-state index in [9.17, 15) is 45.0 Å². The molecule has 0 aromatic heterocycles. The fraction of sp³-hybridized carbons (Fsp3) is 0.406. The Bertz CT molecular complexity index is 1740. The molecule has 2 aliphatic carbocycles. The molecule has 2 aromatic carbocycles. The number of Topliss-reactive ketones (excluding diaryl/α,β-unsaturated/α-hetero) is 1. The number of aromatic hydroxyl groups is 2. The zero-order valence-electron chi connectivity index (χ0n) is 24.8. The number of aliphatic hydroxyl groups is 4. The van der Waals surface area contributed by atoms with Crippen LogP contribution < -0.4 is 9.47 Å². The zero-order chi connectivity index (χ0) is 32.7. The summed E-state index contributed by atoms with van der Waals surface area (Å²) in [5.41, 5.74) is -5.36. The molecule has 0 spiro atoms. The molecule has 1 saturated carbocycles. The SMILES string of the molecule is COC(=O)[C@@]12Oc3c(-c4ccc(O)c5c4O[C@@]4(C(=O)OC)C(=C5O)C(=O)C[C@@H](C)[C@@H]4O)ccc(O)c3CC1=C(O)C[C@H](C)[C@H]2O. The first-order chi connectivity index (χ1) is 21.3. The number of aliphatic hydroxyl groups excluding tert-OH is 4. The van der Waals surface area contributed by atoms with Crippen molar-refractivity contribution < 1.29 is 64.0 Å². The summed E-state index contributed by atoms with van der Waals surface area (Å²) < 4.78 is 22.5. The Balaban J connectivity index is 1.65. The molecule has 6 atom stereocenters. The molecular weight excluding hydrogens is 592 g/mol. The predicted molar refractivity (Wildman–Crippen MR) is 153 cm³/mol. The summed E-state index contributed by atoms with van der Waals surface area (Å²) in [6, 6.07) is 5.23. The van der Waals surface area contributed by atoms with Gasteiger partial charge in [0, 0.05) is 41.5 Å². The van der Waals surface area contributed by atoms with Crippen LogP contribution in [0.2, 0.25) is 0 Å². The molecule has 0 saturated heterocycles. The first-order valence-corrected chi connectivity index (χ1v) is 14.3. The molecule has 13 heteroatoms. The Kier molecular flexibility index (Phi) is 6.82. The lowest BCUT2D eigenvalue weighted by molar-refractivity contribution is -0.173. The van der Waals surface area contributed by atoms with Crippen molar-refractivity contribution in [1.82, 2.24) is 0 Å². The maximum Gasteiger partial charge on any atom is 0.358 e. The van der Waals surface area contributed by atoms with Crippen LogP contribution in [-0.2, 0) is 30.3 Å². The van der Waals surface area contributed by atoms with E-state index >= 15 is 0 Å². The molecule has 4 aliphatic rings. The van der Waals surface area contributed by atoms with E-state index in [2.05, 4.69) is 0 Å². The number of hydrogen-bond acceptors (Lipinski definition) is 13. The minimum absolute atomic E-state index is 0.0107. The minimum atomic E-state index is -2.51. The van der Waals surface area contributed by atoms with Crippen molar-refractivity contribution in [2.75, 3.05) is 14.2 Å². The summed E-state index contributed by atoms with van der Waals surface area (Å²) in [5.74, 6) is -6.58. The van der Waals surface area contributed by atoms with E-state index in [4.69, 9.17) is 18.9 Å². The molecular formula is C32H32O13. The number of benzene rings is 2. The van der Waals surface area contributed by atoms with Gasteiger partial charge in [0.15, 0.2) is 5.78 Å². The number of esters is 2. The van der Waals surface area contributed by atoms with Crippen LogP contribution in [0.25, 0.3) is 16.9 Å². The van der Waals surface area contributed by atoms with Crippen molar-refractivity contribution in [3.05, 3.63) is 52.3 Å². The van der Waals surface area contributed by atoms with E-state index in [1.165, 1.54) is 31.2 Å². The second-order valence-electron chi connectivity index (χ2n) is 11.9. The van der Waals surface area contributed by atoms with E-state index in [1.54, 1.807) is 6.92 Å². The Labute approximate surface area is 256 Å². The number of hydrogen-bond donors (Lipinski definition) is 6. The number of phenols is 2. The lowest BCUT2D eigenvalue weighted by Crippen LogP contribution is -2.64. The number of fused-ring (bicyclic) bond motifs is 4. The zero-order valence-corrected chi connectivity index (χ0v) is 24.8. The lowest BCUT2D eigenvalue weighted by atomic mass is 9.69. The van der Waals surface area contributed by atoms with Crippen LogP contribution in [0, 0.1) is 11.8 Å². The molecule has 6 rings (SSSR count). The van der Waals surface area contributed by atoms with Gasteiger partial charge in [0.05, 0.1) is 25.6 Å². The third kappa shape index (κ3) is 3.83. The number of carbonyl (C=O) groups excluding carboxylic acids is 3. The summed E-state index contributed by atoms with van der Waals surface area (Å²) in [6.45, 7) is 3.14. The van der Waals surface area contributed by atoms with Crippen molar-refractivity contribution in [1.29, 1.82) is 0 Å². The average Bonchev–Trinajstić information content (AvgIpc) is 3.01. The summed E-state index contributed by atoms with van der Waals surface area (Å²) in [4.78, 5) is 40.0. The van der Waals surface area contributed by atoms with Crippen LogP contribution in [0.3, 0.4) is 0 Å². The Hall–Kier alpha value is -4.75. The van der Waals surface area contributed by atoms with Gasteiger partial charge in [0.1, 0.15) is 46.5 Å². The minimum Gasteiger partial charge on any atom is -0.512 e. The number of ether oxygens (including phenoxy) is 4. The molecule has 0 radical (unpaired) electrons. The van der Waals surface area contributed by atoms with Gasteiger partial charge < -0.3 is 49.6 Å². The van der Waals surface area contributed by atoms with Crippen molar-refractivity contribution in [2.24, 2.45) is 11.8 Å². The van der Waals surface area contributed by atoms with Crippen LogP contribution in [0.4, 0.5) is 0 Å². The molecule has 45 heavy (non-hydrogen) atoms. The van der Waals surface area contributed by atoms with Crippen LogP contribution >= 0.6 is 0 Å². The van der Waals surface area contributed by atoms with E-state index in [-0.39, 0.29) is 70.1 Å². The summed E-state index contributed by atoms with van der Waals surface area (Å²) >= 11 is 0. The van der Waals surface area contributed by atoms with Gasteiger partial charge >= 0.3 is 11.9 Å². The third-order valence-corrected chi connectivity index (χ3v) is 9.37. The van der Waals surface area contributed by atoms with Gasteiger partial charge in [-0.15, -0.1) is 0 Å². The Morgan fingerprint density at radius 1 is 0.800 bits per heavy atom. The van der Waals surface area contributed by atoms with E-state index in [1.807, 2.05) is 0 Å². The monoisotopic (exact) mass is 624 g/mol. The molecule has 0 bridgehead atoms. The second-order valence-corrected chi connectivity index (χ2v) is 11.9. The normalized spacial score (nSPS) is 30.2. The first-order valence-electron chi connectivity index (χ1n) is 14.3. The fourth-order valence-corrected chi connectivity index (χ4v) is 7.08. The quantitative estimate of drug-likeness (QED) is 0.271. The van der Waals surface area contributed by atoms with Crippen LogP contribution in [0.1, 0.15) is 37.8 Å². The third-order valence-electron chi connectivity index (χ3n) is 9.37. The number of methoxy groups -OCH3 is 2. The van der Waals surface area contributed by atoms with E-state index in [0.29, 0.717) is 0 Å². The molecule has 0 amide bonds. The summed E-state index contributed by atoms with van der Waals surface area (Å²) in [6.07, 6.45) is -3.56. The molecule has 2 heterocycles. The van der Waals surface area contributed by atoms with Crippen molar-refractivity contribution in [3.8, 4) is 34.1 Å². The van der Waals surface area contributed by atoms with Crippen molar-refractivity contribution in [2.45, 2.75) is 56.5 Å².